The predicted octanol–water partition coefficient (Wildman–Crippen LogP) is 6.55. The van der Waals surface area contributed by atoms with Crippen molar-refractivity contribution < 1.29 is 19.1 Å². The lowest BCUT2D eigenvalue weighted by molar-refractivity contribution is -0.118. The summed E-state index contributed by atoms with van der Waals surface area (Å²) in [6.45, 7) is 2.66. The van der Waals surface area contributed by atoms with E-state index in [0.717, 1.165) is 60.3 Å². The first-order chi connectivity index (χ1) is 17.9. The summed E-state index contributed by atoms with van der Waals surface area (Å²) in [5.41, 5.74) is 5.20. The molecule has 8 heteroatoms. The molecule has 2 aromatic carbocycles. The van der Waals surface area contributed by atoms with E-state index in [4.69, 9.17) is 16.3 Å². The first kappa shape index (κ1) is 25.7. The molecule has 5 rings (SSSR count). The normalized spacial score (nSPS) is 18.1. The lowest BCUT2D eigenvalue weighted by Gasteiger charge is -2.43. The summed E-state index contributed by atoms with van der Waals surface area (Å²) in [6, 6.07) is 12.5. The van der Waals surface area contributed by atoms with Crippen molar-refractivity contribution in [2.45, 2.75) is 51.4 Å². The Hall–Kier alpha value is -2.90. The molecule has 192 valence electrons. The molecular formula is C29H28BrClN2O4. The highest BCUT2D eigenvalue weighted by Gasteiger charge is 2.42. The molecule has 0 aromatic heterocycles. The third-order valence-electron chi connectivity index (χ3n) is 7.18. The predicted molar refractivity (Wildman–Crippen MR) is 147 cm³/mol. The average Bonchev–Trinajstić information content (AvgIpc) is 2.88. The second-order valence-electron chi connectivity index (χ2n) is 9.49. The number of benzene rings is 2. The summed E-state index contributed by atoms with van der Waals surface area (Å²) in [5, 5.41) is 3.37. The highest BCUT2D eigenvalue weighted by atomic mass is 79.9. The van der Waals surface area contributed by atoms with Crippen LogP contribution in [0.1, 0.15) is 56.9 Å². The fraction of sp³-hybridized carbons (Fsp3) is 0.345. The van der Waals surface area contributed by atoms with Gasteiger partial charge in [-0.1, -0.05) is 17.7 Å². The second-order valence-corrected chi connectivity index (χ2v) is 10.8. The summed E-state index contributed by atoms with van der Waals surface area (Å²) >= 11 is 9.48. The van der Waals surface area contributed by atoms with Crippen LogP contribution in [0.15, 0.2) is 69.5 Å². The van der Waals surface area contributed by atoms with E-state index in [-0.39, 0.29) is 30.0 Å². The van der Waals surface area contributed by atoms with E-state index in [0.29, 0.717) is 33.8 Å². The van der Waals surface area contributed by atoms with E-state index in [1.807, 2.05) is 12.1 Å². The lowest BCUT2D eigenvalue weighted by atomic mass is 9.71. The Kier molecular flexibility index (Phi) is 7.54. The minimum atomic E-state index is -0.369. The molecule has 0 saturated carbocycles. The fourth-order valence-electron chi connectivity index (χ4n) is 5.62. The fourth-order valence-corrected chi connectivity index (χ4v) is 6.26. The number of hydrogen-bond acceptors (Lipinski definition) is 5. The standard InChI is InChI=1S/C29H28BrClN2O4/c1-2-33-21-5-3-7-23(34)28(21)27(29-22(33)6-4-8-24(29)35)17-9-14-25(20(30)15-17)37-16-26(36)32-19-12-10-18(31)11-13-19/h9-15,27H,2-8,16H2,1H3,(H,32,36). The SMILES string of the molecule is CCN1C2=C(C(=O)CCC2)C(c2ccc(OCC(=O)Nc3ccc(Cl)cc3)c(Br)c2)C2=C1CCCC2=O. The lowest BCUT2D eigenvalue weighted by Crippen LogP contribution is -2.39. The van der Waals surface area contributed by atoms with E-state index in [1.165, 1.54) is 0 Å². The maximum atomic E-state index is 13.2. The number of Topliss-reactive ketones (excluding diaryl/α,β-unsaturated/α-hetero) is 2. The maximum Gasteiger partial charge on any atom is 0.262 e. The maximum absolute atomic E-state index is 13.2. The highest BCUT2D eigenvalue weighted by Crippen LogP contribution is 2.49. The molecular weight excluding hydrogens is 556 g/mol. The minimum Gasteiger partial charge on any atom is -0.483 e. The van der Waals surface area contributed by atoms with Crippen LogP contribution in [0.4, 0.5) is 5.69 Å². The number of hydrogen-bond donors (Lipinski definition) is 1. The monoisotopic (exact) mass is 582 g/mol. The van der Waals surface area contributed by atoms with Crippen LogP contribution in [0.2, 0.25) is 5.02 Å². The second kappa shape index (κ2) is 10.8. The van der Waals surface area contributed by atoms with Crippen molar-refractivity contribution in [3.05, 3.63) is 80.1 Å². The number of allylic oxidation sites excluding steroid dienone is 4. The van der Waals surface area contributed by atoms with Crippen LogP contribution < -0.4 is 10.1 Å². The Morgan fingerprint density at radius 3 is 2.19 bits per heavy atom. The molecule has 0 saturated heterocycles. The van der Waals surface area contributed by atoms with Gasteiger partial charge < -0.3 is 15.0 Å². The van der Waals surface area contributed by atoms with Gasteiger partial charge in [-0.15, -0.1) is 0 Å². The van der Waals surface area contributed by atoms with E-state index in [2.05, 4.69) is 33.1 Å². The first-order valence-corrected chi connectivity index (χ1v) is 13.8. The molecule has 2 aromatic rings. The quantitative estimate of drug-likeness (QED) is 0.417. The van der Waals surface area contributed by atoms with Gasteiger partial charge in [-0.3, -0.25) is 14.4 Å². The smallest absolute Gasteiger partial charge is 0.262 e. The number of ketones is 2. The van der Waals surface area contributed by atoms with Crippen molar-refractivity contribution in [1.29, 1.82) is 0 Å². The van der Waals surface area contributed by atoms with E-state index >= 15 is 0 Å². The zero-order valence-corrected chi connectivity index (χ0v) is 23.0. The number of nitrogens with one attached hydrogen (secondary N) is 1. The number of nitrogens with zero attached hydrogens (tertiary/aromatic N) is 1. The average molecular weight is 584 g/mol. The Morgan fingerprint density at radius 2 is 1.62 bits per heavy atom. The van der Waals surface area contributed by atoms with Crippen molar-refractivity contribution in [3.8, 4) is 5.75 Å². The van der Waals surface area contributed by atoms with Gasteiger partial charge in [-0.2, -0.15) is 0 Å². The van der Waals surface area contributed by atoms with Crippen LogP contribution in [0.3, 0.4) is 0 Å². The van der Waals surface area contributed by atoms with Gasteiger partial charge in [-0.05, 0) is 90.5 Å². The Balaban J connectivity index is 1.41. The third kappa shape index (κ3) is 5.12. The molecule has 2 aliphatic carbocycles. The number of carbonyl (C=O) groups is 3. The number of carbonyl (C=O) groups excluding carboxylic acids is 3. The first-order valence-electron chi connectivity index (χ1n) is 12.6. The molecule has 1 amide bonds. The molecule has 0 bridgehead atoms. The third-order valence-corrected chi connectivity index (χ3v) is 8.05. The molecule has 0 unspecified atom stereocenters. The number of anilines is 1. The molecule has 0 fully saturated rings. The molecule has 1 heterocycles. The van der Waals surface area contributed by atoms with Gasteiger partial charge in [0.25, 0.3) is 5.91 Å². The molecule has 6 nitrogen and oxygen atoms in total. The molecule has 37 heavy (non-hydrogen) atoms. The summed E-state index contributed by atoms with van der Waals surface area (Å²) in [5.74, 6) is 0.103. The molecule has 1 N–H and O–H groups in total. The van der Waals surface area contributed by atoms with Crippen molar-refractivity contribution in [2.75, 3.05) is 18.5 Å². The Morgan fingerprint density at radius 1 is 1.00 bits per heavy atom. The Bertz CT molecular complexity index is 1290. The largest absolute Gasteiger partial charge is 0.483 e. The van der Waals surface area contributed by atoms with Crippen molar-refractivity contribution in [1.82, 2.24) is 4.90 Å². The van der Waals surface area contributed by atoms with Gasteiger partial charge in [0.1, 0.15) is 5.75 Å². The zero-order valence-electron chi connectivity index (χ0n) is 20.6. The van der Waals surface area contributed by atoms with Crippen LogP contribution in [0.5, 0.6) is 5.75 Å². The van der Waals surface area contributed by atoms with Crippen molar-refractivity contribution >= 4 is 50.7 Å². The van der Waals surface area contributed by atoms with Gasteiger partial charge in [0.05, 0.1) is 4.47 Å². The number of ether oxygens (including phenoxy) is 1. The summed E-state index contributed by atoms with van der Waals surface area (Å²) in [7, 11) is 0. The molecule has 3 aliphatic rings. The van der Waals surface area contributed by atoms with E-state index < -0.39 is 0 Å². The van der Waals surface area contributed by atoms with Crippen LogP contribution in [0, 0.1) is 0 Å². The highest BCUT2D eigenvalue weighted by molar-refractivity contribution is 9.10. The minimum absolute atomic E-state index is 0.130. The Labute approximate surface area is 229 Å². The number of amides is 1. The van der Waals surface area contributed by atoms with Crippen LogP contribution >= 0.6 is 27.5 Å². The van der Waals surface area contributed by atoms with Gasteiger partial charge in [0.15, 0.2) is 18.2 Å². The zero-order chi connectivity index (χ0) is 26.1. The van der Waals surface area contributed by atoms with Crippen LogP contribution in [-0.2, 0) is 14.4 Å². The molecule has 0 radical (unpaired) electrons. The molecule has 0 spiro atoms. The number of halogens is 2. The van der Waals surface area contributed by atoms with Gasteiger partial charge in [-0.25, -0.2) is 0 Å². The summed E-state index contributed by atoms with van der Waals surface area (Å²) in [6.07, 6.45) is 4.39. The van der Waals surface area contributed by atoms with Crippen LogP contribution in [-0.4, -0.2) is 35.5 Å². The van der Waals surface area contributed by atoms with Crippen molar-refractivity contribution in [2.24, 2.45) is 0 Å². The summed E-state index contributed by atoms with van der Waals surface area (Å²) in [4.78, 5) is 41.1. The summed E-state index contributed by atoms with van der Waals surface area (Å²) < 4.78 is 6.44. The van der Waals surface area contributed by atoms with E-state index in [1.54, 1.807) is 30.3 Å². The van der Waals surface area contributed by atoms with Gasteiger partial charge >= 0.3 is 0 Å². The van der Waals surface area contributed by atoms with Crippen molar-refractivity contribution in [3.63, 3.8) is 0 Å². The van der Waals surface area contributed by atoms with Crippen LogP contribution in [0.25, 0.3) is 0 Å². The topological polar surface area (TPSA) is 75.7 Å². The van der Waals surface area contributed by atoms with Gasteiger partial charge in [0.2, 0.25) is 0 Å². The number of rotatable bonds is 6. The molecule has 1 aliphatic heterocycles. The van der Waals surface area contributed by atoms with Gasteiger partial charge in [0, 0.05) is 58.6 Å². The van der Waals surface area contributed by atoms with E-state index in [9.17, 15) is 14.4 Å². The molecule has 0 atom stereocenters.